The number of fused-ring (bicyclic) bond motifs is 25. The van der Waals surface area contributed by atoms with Crippen molar-refractivity contribution in [1.29, 1.82) is 0 Å². The van der Waals surface area contributed by atoms with Crippen LogP contribution in [0.2, 0.25) is 0 Å². The van der Waals surface area contributed by atoms with Gasteiger partial charge in [-0.2, -0.15) is 0 Å². The Bertz CT molecular complexity index is 4060. The molecule has 424 valence electrons. The maximum absolute atomic E-state index is 2.70. The van der Waals surface area contributed by atoms with E-state index in [0.29, 0.717) is 0 Å². The van der Waals surface area contributed by atoms with E-state index in [-0.39, 0.29) is 27.1 Å². The van der Waals surface area contributed by atoms with Crippen LogP contribution in [-0.2, 0) is 27.1 Å². The maximum atomic E-state index is 2.70. The lowest BCUT2D eigenvalue weighted by Gasteiger charge is -2.33. The molecule has 10 aromatic rings. The first-order valence-electron chi connectivity index (χ1n) is 33.9. The summed E-state index contributed by atoms with van der Waals surface area (Å²) in [6.45, 7) is 0. The second-order valence-corrected chi connectivity index (χ2v) is 28.7. The molecule has 2 heteroatoms. The minimum Gasteiger partial charge on any atom is -0.310 e. The van der Waals surface area contributed by atoms with E-state index in [9.17, 15) is 0 Å². The Morgan fingerprint density at radius 3 is 0.529 bits per heavy atom. The summed E-state index contributed by atoms with van der Waals surface area (Å²) >= 11 is 0. The van der Waals surface area contributed by atoms with E-state index in [2.05, 4.69) is 216 Å². The number of hydrogen-bond acceptors (Lipinski definition) is 2. The van der Waals surface area contributed by atoms with Gasteiger partial charge in [-0.15, -0.1) is 0 Å². The van der Waals surface area contributed by atoms with E-state index in [1.807, 2.05) is 0 Å². The van der Waals surface area contributed by atoms with Gasteiger partial charge in [0.05, 0.1) is 0 Å². The number of anilines is 6. The Kier molecular flexibility index (Phi) is 10.3. The summed E-state index contributed by atoms with van der Waals surface area (Å²) in [5.41, 5.74) is 37.7. The van der Waals surface area contributed by atoms with Gasteiger partial charge in [0.1, 0.15) is 0 Å². The molecule has 5 saturated carbocycles. The van der Waals surface area contributed by atoms with Crippen LogP contribution in [0, 0.1) is 0 Å². The van der Waals surface area contributed by atoms with Crippen LogP contribution in [0.15, 0.2) is 206 Å². The molecule has 2 nitrogen and oxygen atoms in total. The predicted molar refractivity (Wildman–Crippen MR) is 359 cm³/mol. The third-order valence-electron chi connectivity index (χ3n) is 25.2. The Morgan fingerprint density at radius 2 is 0.333 bits per heavy atom. The molecule has 0 unspecified atom stereocenters. The number of benzene rings is 10. The Balaban J connectivity index is 0.759. The average Bonchev–Trinajstić information content (AvgIpc) is 1.76. The van der Waals surface area contributed by atoms with Crippen molar-refractivity contribution in [3.05, 3.63) is 262 Å². The van der Waals surface area contributed by atoms with Gasteiger partial charge in [-0.1, -0.05) is 198 Å². The van der Waals surface area contributed by atoms with E-state index >= 15 is 0 Å². The summed E-state index contributed by atoms with van der Waals surface area (Å²) in [6, 6.07) is 83.6. The summed E-state index contributed by atoms with van der Waals surface area (Å²) in [4.78, 5) is 5.40. The molecule has 5 spiro atoms. The molecule has 0 atom stereocenters. The van der Waals surface area contributed by atoms with Gasteiger partial charge in [-0.25, -0.2) is 0 Å². The van der Waals surface area contributed by atoms with Gasteiger partial charge >= 0.3 is 0 Å². The Hall–Kier alpha value is -8.20. The van der Waals surface area contributed by atoms with Gasteiger partial charge in [-0.05, 0) is 248 Å². The van der Waals surface area contributed by atoms with Crippen LogP contribution in [-0.4, -0.2) is 0 Å². The molecule has 0 heterocycles. The van der Waals surface area contributed by atoms with Crippen LogP contribution in [0.3, 0.4) is 0 Å². The van der Waals surface area contributed by atoms with Crippen molar-refractivity contribution < 1.29 is 0 Å². The van der Waals surface area contributed by atoms with Crippen molar-refractivity contribution in [3.8, 4) is 55.6 Å². The molecule has 5 fully saturated rings. The summed E-state index contributed by atoms with van der Waals surface area (Å²) < 4.78 is 0. The molecule has 10 aliphatic carbocycles. The zero-order chi connectivity index (χ0) is 56.8. The monoisotopic (exact) mass is 1120 g/mol. The van der Waals surface area contributed by atoms with Gasteiger partial charge in [0.25, 0.3) is 0 Å². The molecule has 10 aliphatic rings. The van der Waals surface area contributed by atoms with Crippen LogP contribution in [0.4, 0.5) is 34.1 Å². The van der Waals surface area contributed by atoms with E-state index in [1.54, 1.807) is 44.5 Å². The van der Waals surface area contributed by atoms with Crippen LogP contribution in [0.5, 0.6) is 0 Å². The first-order chi connectivity index (χ1) is 43.0. The van der Waals surface area contributed by atoms with Crippen molar-refractivity contribution in [1.82, 2.24) is 0 Å². The molecule has 10 aromatic carbocycles. The van der Waals surface area contributed by atoms with E-state index in [0.717, 1.165) is 0 Å². The standard InChI is InChI=1S/C85H74N2/c1-5-23-71-61(19-1)65-33-27-55(49-75(65)81(71)39-9-10-40-81)86(56-28-34-66-62-20-2-6-24-72(62)82(76(66)50-56)41-11-12-42-82)59-31-37-69-70-38-32-60(54-80(70)85(79(69)53-59)47-17-18-48-85)87(57-29-35-67-63-21-3-7-25-73(63)83(77(67)51-57)43-13-14-44-83)58-30-36-68-64-22-4-8-26-74(64)84(78(68)52-58)45-15-16-46-84/h1-8,19-38,49-54H,9-18,39-48H2. The van der Waals surface area contributed by atoms with E-state index in [4.69, 9.17) is 0 Å². The molecule has 0 amide bonds. The normalized spacial score (nSPS) is 20.0. The second-order valence-electron chi connectivity index (χ2n) is 28.7. The van der Waals surface area contributed by atoms with E-state index < -0.39 is 0 Å². The highest BCUT2D eigenvalue weighted by Crippen LogP contribution is 2.65. The zero-order valence-electron chi connectivity index (χ0n) is 50.2. The minimum atomic E-state index is -0.0873. The molecule has 0 N–H and O–H groups in total. The van der Waals surface area contributed by atoms with Gasteiger partial charge in [0.15, 0.2) is 0 Å². The topological polar surface area (TPSA) is 6.48 Å². The molecule has 0 aliphatic heterocycles. The summed E-state index contributed by atoms with van der Waals surface area (Å²) in [5.74, 6) is 0. The second kappa shape index (κ2) is 18.0. The fraction of sp³-hybridized carbons (Fsp3) is 0.294. The number of hydrogen-bond donors (Lipinski definition) is 0. The molecular formula is C85H74N2. The SMILES string of the molecule is c1ccc2c(c1)-c1ccc(N(c3ccc4c(c3)C3(CCCC3)c3ccccc3-4)c3ccc4c(c3)C3(CCCC3)c3cc(N(c5ccc6c(c5)C5(CCCC5)c5ccccc5-6)c5ccc6c(c5)C5(CCCC5)c5ccccc5-6)ccc3-4)cc1C21CCCC1. The number of nitrogens with zero attached hydrogens (tertiary/aromatic N) is 2. The van der Waals surface area contributed by atoms with Crippen LogP contribution in [0.25, 0.3) is 55.6 Å². The van der Waals surface area contributed by atoms with Crippen LogP contribution in [0.1, 0.15) is 184 Å². The fourth-order valence-corrected chi connectivity index (χ4v) is 21.6. The third-order valence-corrected chi connectivity index (χ3v) is 25.2. The smallest absolute Gasteiger partial charge is 0.0465 e. The molecule has 0 aromatic heterocycles. The molecule has 0 saturated heterocycles. The largest absolute Gasteiger partial charge is 0.310 e. The lowest BCUT2D eigenvalue weighted by Crippen LogP contribution is -2.23. The third kappa shape index (κ3) is 6.47. The lowest BCUT2D eigenvalue weighted by atomic mass is 9.76. The Morgan fingerprint density at radius 1 is 0.172 bits per heavy atom. The molecule has 20 rings (SSSR count). The number of rotatable bonds is 6. The first kappa shape index (κ1) is 49.9. The molecule has 87 heavy (non-hydrogen) atoms. The van der Waals surface area contributed by atoms with E-state index in [1.165, 1.54) is 229 Å². The summed E-state index contributed by atoms with van der Waals surface area (Å²) in [6.07, 6.45) is 24.9. The minimum absolute atomic E-state index is 0.0750. The van der Waals surface area contributed by atoms with Crippen molar-refractivity contribution in [2.75, 3.05) is 9.80 Å². The van der Waals surface area contributed by atoms with Crippen LogP contribution < -0.4 is 9.80 Å². The molecule has 0 radical (unpaired) electrons. The van der Waals surface area contributed by atoms with Gasteiger partial charge in [0.2, 0.25) is 0 Å². The first-order valence-corrected chi connectivity index (χ1v) is 33.9. The highest BCUT2D eigenvalue weighted by Gasteiger charge is 2.51. The van der Waals surface area contributed by atoms with Crippen LogP contribution >= 0.6 is 0 Å². The van der Waals surface area contributed by atoms with Crippen molar-refractivity contribution in [2.45, 2.75) is 155 Å². The fourth-order valence-electron chi connectivity index (χ4n) is 21.6. The highest BCUT2D eigenvalue weighted by molar-refractivity contribution is 5.94. The molecular weight excluding hydrogens is 1050 g/mol. The van der Waals surface area contributed by atoms with Crippen molar-refractivity contribution in [3.63, 3.8) is 0 Å². The maximum Gasteiger partial charge on any atom is 0.0465 e. The lowest BCUT2D eigenvalue weighted by molar-refractivity contribution is 0.549. The predicted octanol–water partition coefficient (Wildman–Crippen LogP) is 22.8. The van der Waals surface area contributed by atoms with Gasteiger partial charge in [0, 0.05) is 61.2 Å². The molecule has 0 bridgehead atoms. The highest BCUT2D eigenvalue weighted by atomic mass is 15.2. The zero-order valence-corrected chi connectivity index (χ0v) is 50.2. The van der Waals surface area contributed by atoms with Gasteiger partial charge in [-0.3, -0.25) is 0 Å². The van der Waals surface area contributed by atoms with Gasteiger partial charge < -0.3 is 9.80 Å². The Labute approximate surface area is 514 Å². The van der Waals surface area contributed by atoms with Crippen molar-refractivity contribution >= 4 is 34.1 Å². The van der Waals surface area contributed by atoms with Crippen molar-refractivity contribution in [2.24, 2.45) is 0 Å². The average molecular weight is 1120 g/mol. The summed E-state index contributed by atoms with van der Waals surface area (Å²) in [7, 11) is 0. The quantitative estimate of drug-likeness (QED) is 0.164. The summed E-state index contributed by atoms with van der Waals surface area (Å²) in [5, 5.41) is 0.